The Balaban J connectivity index is 2.02. The van der Waals surface area contributed by atoms with Gasteiger partial charge in [0, 0.05) is 16.6 Å². The molecule has 1 aliphatic heterocycles. The Morgan fingerprint density at radius 3 is 2.44 bits per heavy atom. The number of carbonyl (C=O) groups excluding carboxylic acids is 2. The molecule has 2 aromatic rings. The number of Topliss-reactive ketones (excluding diaryl/α,β-unsaturated/α-hetero) is 1. The maximum absolute atomic E-state index is 13.2. The van der Waals surface area contributed by atoms with Gasteiger partial charge in [-0.15, -0.1) is 0 Å². The van der Waals surface area contributed by atoms with Crippen molar-refractivity contribution in [2.75, 3.05) is 33.8 Å². The predicted octanol–water partition coefficient (Wildman–Crippen LogP) is 5.31. The molecule has 34 heavy (non-hydrogen) atoms. The van der Waals surface area contributed by atoms with E-state index in [0.717, 1.165) is 47.2 Å². The summed E-state index contributed by atoms with van der Waals surface area (Å²) in [6.07, 6.45) is 2.73. The van der Waals surface area contributed by atoms with Crippen molar-refractivity contribution in [2.24, 2.45) is 0 Å². The lowest BCUT2D eigenvalue weighted by atomic mass is 9.94. The minimum Gasteiger partial charge on any atom is -0.507 e. The second-order valence-corrected chi connectivity index (χ2v) is 9.80. The van der Waals surface area contributed by atoms with Gasteiger partial charge >= 0.3 is 0 Å². The number of carbonyl (C=O) groups is 2. The third-order valence-electron chi connectivity index (χ3n) is 5.93. The van der Waals surface area contributed by atoms with Crippen LogP contribution in [0.5, 0.6) is 5.75 Å². The van der Waals surface area contributed by atoms with Gasteiger partial charge in [-0.05, 0) is 81.9 Å². The fourth-order valence-electron chi connectivity index (χ4n) is 4.10. The first-order valence-electron chi connectivity index (χ1n) is 11.7. The SMILES string of the molecule is CCCCOc1ccc(C(O)=C2C(=O)C(=O)N(CCCN(C)C)[C@H]2c2ccc(Br)cc2)cc1C. The van der Waals surface area contributed by atoms with Crippen LogP contribution in [0.3, 0.4) is 0 Å². The van der Waals surface area contributed by atoms with Crippen molar-refractivity contribution >= 4 is 33.4 Å². The lowest BCUT2D eigenvalue weighted by molar-refractivity contribution is -0.139. The number of aliphatic hydroxyl groups excluding tert-OH is 1. The van der Waals surface area contributed by atoms with Gasteiger partial charge in [0.1, 0.15) is 11.5 Å². The van der Waals surface area contributed by atoms with Gasteiger partial charge in [0.25, 0.3) is 11.7 Å². The summed E-state index contributed by atoms with van der Waals surface area (Å²) in [5, 5.41) is 11.3. The van der Waals surface area contributed by atoms with Gasteiger partial charge < -0.3 is 19.6 Å². The monoisotopic (exact) mass is 528 g/mol. The Morgan fingerprint density at radius 1 is 1.12 bits per heavy atom. The van der Waals surface area contributed by atoms with Gasteiger partial charge in [-0.25, -0.2) is 0 Å². The molecule has 2 aromatic carbocycles. The molecule has 1 heterocycles. The van der Waals surface area contributed by atoms with E-state index in [9.17, 15) is 14.7 Å². The number of aliphatic hydroxyl groups is 1. The first kappa shape index (κ1) is 26.0. The minimum atomic E-state index is -0.656. The fourth-order valence-corrected chi connectivity index (χ4v) is 4.36. The smallest absolute Gasteiger partial charge is 0.295 e. The highest BCUT2D eigenvalue weighted by atomic mass is 79.9. The van der Waals surface area contributed by atoms with E-state index in [4.69, 9.17) is 4.74 Å². The molecule has 1 N–H and O–H groups in total. The van der Waals surface area contributed by atoms with Crippen LogP contribution < -0.4 is 4.74 Å². The van der Waals surface area contributed by atoms with Crippen molar-refractivity contribution in [3.63, 3.8) is 0 Å². The molecule has 182 valence electrons. The number of ketones is 1. The Bertz CT molecular complexity index is 1060. The zero-order valence-corrected chi connectivity index (χ0v) is 21.9. The molecule has 0 radical (unpaired) electrons. The van der Waals surface area contributed by atoms with Crippen molar-refractivity contribution in [3.8, 4) is 5.75 Å². The summed E-state index contributed by atoms with van der Waals surface area (Å²) in [5.74, 6) is -0.649. The van der Waals surface area contributed by atoms with Crippen molar-refractivity contribution in [3.05, 3.63) is 69.2 Å². The summed E-state index contributed by atoms with van der Waals surface area (Å²) in [5.41, 5.74) is 2.26. The van der Waals surface area contributed by atoms with Gasteiger partial charge in [0.15, 0.2) is 0 Å². The van der Waals surface area contributed by atoms with Crippen LogP contribution in [0.4, 0.5) is 0 Å². The van der Waals surface area contributed by atoms with E-state index in [1.807, 2.05) is 56.3 Å². The number of halogens is 1. The normalized spacial score (nSPS) is 17.6. The van der Waals surface area contributed by atoms with Crippen molar-refractivity contribution in [1.82, 2.24) is 9.80 Å². The van der Waals surface area contributed by atoms with Crippen LogP contribution in [0.25, 0.3) is 5.76 Å². The van der Waals surface area contributed by atoms with Crippen LogP contribution >= 0.6 is 15.9 Å². The number of amides is 1. The zero-order chi connectivity index (χ0) is 24.8. The summed E-state index contributed by atoms with van der Waals surface area (Å²) in [6, 6.07) is 12.2. The van der Waals surface area contributed by atoms with Gasteiger partial charge in [0.2, 0.25) is 0 Å². The van der Waals surface area contributed by atoms with E-state index in [1.54, 1.807) is 17.0 Å². The molecule has 0 unspecified atom stereocenters. The quantitative estimate of drug-likeness (QED) is 0.196. The maximum Gasteiger partial charge on any atom is 0.295 e. The summed E-state index contributed by atoms with van der Waals surface area (Å²) in [7, 11) is 3.94. The molecule has 0 aromatic heterocycles. The van der Waals surface area contributed by atoms with Crippen LogP contribution in [0, 0.1) is 6.92 Å². The van der Waals surface area contributed by atoms with E-state index in [0.29, 0.717) is 18.7 Å². The lowest BCUT2D eigenvalue weighted by Gasteiger charge is -2.26. The highest BCUT2D eigenvalue weighted by Crippen LogP contribution is 2.40. The fraction of sp³-hybridized carbons (Fsp3) is 0.407. The molecule has 0 bridgehead atoms. The molecular formula is C27H33BrN2O4. The average Bonchev–Trinajstić information content (AvgIpc) is 3.05. The Morgan fingerprint density at radius 2 is 1.82 bits per heavy atom. The number of hydrogen-bond donors (Lipinski definition) is 1. The number of likely N-dealkylation sites (tertiary alicyclic amines) is 1. The number of hydrogen-bond acceptors (Lipinski definition) is 5. The zero-order valence-electron chi connectivity index (χ0n) is 20.3. The Kier molecular flexibility index (Phi) is 8.91. The molecule has 1 saturated heterocycles. The van der Waals surface area contributed by atoms with E-state index in [1.165, 1.54) is 0 Å². The third-order valence-corrected chi connectivity index (χ3v) is 6.46. The number of benzene rings is 2. The number of aryl methyl sites for hydroxylation is 1. The van der Waals surface area contributed by atoms with Crippen LogP contribution in [0.2, 0.25) is 0 Å². The largest absolute Gasteiger partial charge is 0.507 e. The van der Waals surface area contributed by atoms with Crippen molar-refractivity contribution in [2.45, 2.75) is 39.2 Å². The van der Waals surface area contributed by atoms with Crippen LogP contribution in [0.15, 0.2) is 52.5 Å². The first-order valence-corrected chi connectivity index (χ1v) is 12.5. The first-order chi connectivity index (χ1) is 16.2. The van der Waals surface area contributed by atoms with Gasteiger partial charge in [0.05, 0.1) is 18.2 Å². The topological polar surface area (TPSA) is 70.1 Å². The van der Waals surface area contributed by atoms with Gasteiger partial charge in [-0.2, -0.15) is 0 Å². The molecule has 3 rings (SSSR count). The number of nitrogens with zero attached hydrogens (tertiary/aromatic N) is 2. The van der Waals surface area contributed by atoms with Gasteiger partial charge in [-0.3, -0.25) is 9.59 Å². The molecule has 0 aliphatic carbocycles. The molecule has 1 atom stereocenters. The van der Waals surface area contributed by atoms with Crippen molar-refractivity contribution in [1.29, 1.82) is 0 Å². The van der Waals surface area contributed by atoms with E-state index < -0.39 is 17.7 Å². The molecule has 1 amide bonds. The lowest BCUT2D eigenvalue weighted by Crippen LogP contribution is -2.32. The van der Waals surface area contributed by atoms with E-state index in [-0.39, 0.29) is 11.3 Å². The van der Waals surface area contributed by atoms with Gasteiger partial charge in [-0.1, -0.05) is 41.4 Å². The molecule has 0 saturated carbocycles. The molecular weight excluding hydrogens is 496 g/mol. The second kappa shape index (κ2) is 11.7. The molecule has 1 fully saturated rings. The number of ether oxygens (including phenoxy) is 1. The van der Waals surface area contributed by atoms with E-state index in [2.05, 4.69) is 22.9 Å². The highest BCUT2D eigenvalue weighted by Gasteiger charge is 2.45. The number of unbranched alkanes of at least 4 members (excludes halogenated alkanes) is 1. The van der Waals surface area contributed by atoms with Crippen LogP contribution in [-0.2, 0) is 9.59 Å². The summed E-state index contributed by atoms with van der Waals surface area (Å²) in [6.45, 7) is 5.85. The second-order valence-electron chi connectivity index (χ2n) is 8.88. The summed E-state index contributed by atoms with van der Waals surface area (Å²) < 4.78 is 6.72. The Labute approximate surface area is 210 Å². The molecule has 1 aliphatic rings. The van der Waals surface area contributed by atoms with Crippen LogP contribution in [0.1, 0.15) is 48.9 Å². The van der Waals surface area contributed by atoms with Crippen molar-refractivity contribution < 1.29 is 19.4 Å². The average molecular weight is 529 g/mol. The van der Waals surface area contributed by atoms with E-state index >= 15 is 0 Å². The summed E-state index contributed by atoms with van der Waals surface area (Å²) in [4.78, 5) is 29.8. The standard InChI is InChI=1S/C27H33BrN2O4/c1-5-6-16-34-22-13-10-20(17-18(22)2)25(31)23-24(19-8-11-21(28)12-9-19)30(27(33)26(23)32)15-7-14-29(3)4/h8-13,17,24,31H,5-7,14-16H2,1-4H3/t24-/m0/s1. The number of rotatable bonds is 10. The molecule has 0 spiro atoms. The maximum atomic E-state index is 13.2. The highest BCUT2D eigenvalue weighted by molar-refractivity contribution is 9.10. The minimum absolute atomic E-state index is 0.122. The third kappa shape index (κ3) is 5.88. The molecule has 7 heteroatoms. The molecule has 6 nitrogen and oxygen atoms in total. The predicted molar refractivity (Wildman–Crippen MR) is 138 cm³/mol. The summed E-state index contributed by atoms with van der Waals surface area (Å²) >= 11 is 3.44. The van der Waals surface area contributed by atoms with Crippen LogP contribution in [-0.4, -0.2) is 60.4 Å². The Hall–Kier alpha value is -2.64.